The van der Waals surface area contributed by atoms with Gasteiger partial charge in [0.25, 0.3) is 0 Å². The maximum absolute atomic E-state index is 12.9. The molecular weight excluding hydrogens is 368 g/mol. The lowest BCUT2D eigenvalue weighted by Crippen LogP contribution is -2.52. The number of fused-ring (bicyclic) bond motifs is 1. The largest absolute Gasteiger partial charge is 0.451 e. The Morgan fingerprint density at radius 2 is 1.90 bits per heavy atom. The van der Waals surface area contributed by atoms with Crippen LogP contribution < -0.4 is 15.2 Å². The molecule has 0 aromatic heterocycles. The molecule has 1 aromatic rings. The van der Waals surface area contributed by atoms with Crippen molar-refractivity contribution in [3.8, 4) is 11.5 Å². The zero-order valence-corrected chi connectivity index (χ0v) is 18.1. The average molecular weight is 403 g/mol. The first-order valence-corrected chi connectivity index (χ1v) is 10.8. The second-order valence-electron chi connectivity index (χ2n) is 8.54. The van der Waals surface area contributed by atoms with Crippen LogP contribution in [-0.4, -0.2) is 47.4 Å². The fourth-order valence-corrected chi connectivity index (χ4v) is 4.53. The summed E-state index contributed by atoms with van der Waals surface area (Å²) in [6.07, 6.45) is 3.13. The van der Waals surface area contributed by atoms with Crippen LogP contribution in [0, 0.1) is 5.92 Å². The molecule has 2 aliphatic heterocycles. The second-order valence-corrected chi connectivity index (χ2v) is 8.54. The van der Waals surface area contributed by atoms with Crippen LogP contribution in [0.2, 0.25) is 0 Å². The summed E-state index contributed by atoms with van der Waals surface area (Å²) in [6, 6.07) is 5.71. The van der Waals surface area contributed by atoms with Gasteiger partial charge in [0, 0.05) is 37.9 Å². The topological polar surface area (TPSA) is 81.9 Å². The molecule has 1 fully saturated rings. The van der Waals surface area contributed by atoms with Crippen LogP contribution in [0.25, 0.3) is 0 Å². The molecule has 0 bridgehead atoms. The average Bonchev–Trinajstić information content (AvgIpc) is 3.32. The van der Waals surface area contributed by atoms with E-state index in [0.29, 0.717) is 23.1 Å². The molecule has 0 amide bonds. The molecule has 3 unspecified atom stereocenters. The van der Waals surface area contributed by atoms with E-state index in [1.165, 1.54) is 0 Å². The highest BCUT2D eigenvalue weighted by atomic mass is 16.7. The fourth-order valence-electron chi connectivity index (χ4n) is 4.53. The van der Waals surface area contributed by atoms with Gasteiger partial charge in [-0.05, 0) is 56.8 Å². The minimum atomic E-state index is -0.897. The molecule has 2 aliphatic rings. The minimum Gasteiger partial charge on any atom is -0.451 e. The number of hydrogen-bond donors (Lipinski definition) is 1. The van der Waals surface area contributed by atoms with Gasteiger partial charge in [-0.25, -0.2) is 0 Å². The van der Waals surface area contributed by atoms with E-state index in [4.69, 9.17) is 15.2 Å². The molecule has 1 aromatic carbocycles. The van der Waals surface area contributed by atoms with Crippen LogP contribution in [0.5, 0.6) is 11.5 Å². The minimum absolute atomic E-state index is 0.0309. The summed E-state index contributed by atoms with van der Waals surface area (Å²) in [5.41, 5.74) is 6.14. The summed E-state index contributed by atoms with van der Waals surface area (Å²) in [7, 11) is 0. The highest BCUT2D eigenvalue weighted by Gasteiger charge is 2.41. The maximum atomic E-state index is 12.9. The predicted molar refractivity (Wildman–Crippen MR) is 112 cm³/mol. The lowest BCUT2D eigenvalue weighted by Gasteiger charge is -2.32. The first-order chi connectivity index (χ1) is 13.8. The molecule has 3 atom stereocenters. The second kappa shape index (κ2) is 8.84. The van der Waals surface area contributed by atoms with Gasteiger partial charge in [-0.3, -0.25) is 9.59 Å². The maximum Gasteiger partial charge on any atom is 0.238 e. The molecule has 29 heavy (non-hydrogen) atoms. The Labute approximate surface area is 173 Å². The van der Waals surface area contributed by atoms with E-state index in [0.717, 1.165) is 32.4 Å². The quantitative estimate of drug-likeness (QED) is 0.636. The highest BCUT2D eigenvalue weighted by Crippen LogP contribution is 2.35. The number of Topliss-reactive ketones (excluding diaryl/α,β-unsaturated/α-hetero) is 2. The number of benzene rings is 1. The normalized spacial score (nSPS) is 23.4. The van der Waals surface area contributed by atoms with Gasteiger partial charge in [-0.1, -0.05) is 13.8 Å². The van der Waals surface area contributed by atoms with Crippen LogP contribution in [0.3, 0.4) is 0 Å². The number of ketones is 2. The SMILES string of the molecule is CCC(CC)N1CCC(C(C)(N)C(=O)CCC(=O)c2ccc3c(c2)OC(C)O3)C1. The van der Waals surface area contributed by atoms with Crippen LogP contribution in [0.1, 0.15) is 70.2 Å². The van der Waals surface area contributed by atoms with Crippen molar-refractivity contribution in [1.82, 2.24) is 4.90 Å². The zero-order chi connectivity index (χ0) is 21.2. The molecule has 0 spiro atoms. The van der Waals surface area contributed by atoms with Crippen molar-refractivity contribution in [3.05, 3.63) is 23.8 Å². The van der Waals surface area contributed by atoms with Crippen molar-refractivity contribution < 1.29 is 19.1 Å². The Bertz CT molecular complexity index is 757. The summed E-state index contributed by atoms with van der Waals surface area (Å²) >= 11 is 0. The third-order valence-corrected chi connectivity index (χ3v) is 6.56. The number of ether oxygens (including phenoxy) is 2. The smallest absolute Gasteiger partial charge is 0.238 e. The first-order valence-electron chi connectivity index (χ1n) is 10.8. The number of rotatable bonds is 9. The van der Waals surface area contributed by atoms with Gasteiger partial charge in [0.1, 0.15) is 0 Å². The molecular formula is C23H34N2O4. The Balaban J connectivity index is 1.56. The third kappa shape index (κ3) is 4.64. The van der Waals surface area contributed by atoms with E-state index in [1.54, 1.807) is 25.1 Å². The number of hydrogen-bond acceptors (Lipinski definition) is 6. The summed E-state index contributed by atoms with van der Waals surface area (Å²) in [5.74, 6) is 1.24. The van der Waals surface area contributed by atoms with Gasteiger partial charge >= 0.3 is 0 Å². The number of nitrogens with zero attached hydrogens (tertiary/aromatic N) is 1. The number of likely N-dealkylation sites (tertiary alicyclic amines) is 1. The van der Waals surface area contributed by atoms with E-state index >= 15 is 0 Å². The Kier molecular flexibility index (Phi) is 6.64. The Morgan fingerprint density at radius 3 is 2.59 bits per heavy atom. The lowest BCUT2D eigenvalue weighted by molar-refractivity contribution is -0.125. The van der Waals surface area contributed by atoms with Crippen molar-refractivity contribution >= 4 is 11.6 Å². The van der Waals surface area contributed by atoms with Crippen molar-refractivity contribution in [2.24, 2.45) is 11.7 Å². The molecule has 2 heterocycles. The Hall–Kier alpha value is -1.92. The van der Waals surface area contributed by atoms with Gasteiger partial charge in [-0.2, -0.15) is 0 Å². The first kappa shape index (κ1) is 21.8. The van der Waals surface area contributed by atoms with Crippen molar-refractivity contribution in [2.45, 2.75) is 77.7 Å². The van der Waals surface area contributed by atoms with Gasteiger partial charge in [0.2, 0.25) is 6.29 Å². The lowest BCUT2D eigenvalue weighted by atomic mass is 9.80. The molecule has 6 heteroatoms. The van der Waals surface area contributed by atoms with E-state index in [9.17, 15) is 9.59 Å². The standard InChI is InChI=1S/C23H34N2O4/c1-5-18(6-2)25-12-11-17(14-25)23(4,24)22(27)10-8-19(26)16-7-9-20-21(13-16)29-15(3)28-20/h7,9,13,15,17-18H,5-6,8,10-12,14,24H2,1-4H3. The van der Waals surface area contributed by atoms with E-state index in [-0.39, 0.29) is 36.6 Å². The van der Waals surface area contributed by atoms with Crippen LogP contribution in [0.15, 0.2) is 18.2 Å². The predicted octanol–water partition coefficient (Wildman–Crippen LogP) is 3.56. The van der Waals surface area contributed by atoms with E-state index in [2.05, 4.69) is 18.7 Å². The van der Waals surface area contributed by atoms with E-state index < -0.39 is 5.54 Å². The van der Waals surface area contributed by atoms with E-state index in [1.807, 2.05) is 6.92 Å². The fraction of sp³-hybridized carbons (Fsp3) is 0.652. The van der Waals surface area contributed by atoms with Crippen molar-refractivity contribution in [1.29, 1.82) is 0 Å². The van der Waals surface area contributed by atoms with Gasteiger partial charge in [0.05, 0.1) is 5.54 Å². The molecule has 0 saturated carbocycles. The monoisotopic (exact) mass is 402 g/mol. The molecule has 0 radical (unpaired) electrons. The molecule has 0 aliphatic carbocycles. The molecule has 6 nitrogen and oxygen atoms in total. The van der Waals surface area contributed by atoms with Crippen LogP contribution in [0.4, 0.5) is 0 Å². The highest BCUT2D eigenvalue weighted by molar-refractivity contribution is 6.00. The molecule has 160 valence electrons. The zero-order valence-electron chi connectivity index (χ0n) is 18.1. The summed E-state index contributed by atoms with van der Waals surface area (Å²) in [4.78, 5) is 28.0. The van der Waals surface area contributed by atoms with Crippen LogP contribution in [-0.2, 0) is 4.79 Å². The number of carbonyl (C=O) groups excluding carboxylic acids is 2. The van der Waals surface area contributed by atoms with Gasteiger partial charge in [0.15, 0.2) is 23.1 Å². The molecule has 3 rings (SSSR count). The Morgan fingerprint density at radius 1 is 1.21 bits per heavy atom. The molecule has 1 saturated heterocycles. The molecule has 2 N–H and O–H groups in total. The van der Waals surface area contributed by atoms with Crippen molar-refractivity contribution in [3.63, 3.8) is 0 Å². The summed E-state index contributed by atoms with van der Waals surface area (Å²) < 4.78 is 11.0. The van der Waals surface area contributed by atoms with Gasteiger partial charge in [-0.15, -0.1) is 0 Å². The van der Waals surface area contributed by atoms with Crippen molar-refractivity contribution in [2.75, 3.05) is 13.1 Å². The number of nitrogens with two attached hydrogens (primary N) is 1. The summed E-state index contributed by atoms with van der Waals surface area (Å²) in [5, 5.41) is 0. The summed E-state index contributed by atoms with van der Waals surface area (Å²) in [6.45, 7) is 9.90. The van der Waals surface area contributed by atoms with Gasteiger partial charge < -0.3 is 20.1 Å². The third-order valence-electron chi connectivity index (χ3n) is 6.56. The van der Waals surface area contributed by atoms with Crippen LogP contribution >= 0.6 is 0 Å². The number of carbonyl (C=O) groups is 2.